The van der Waals surface area contributed by atoms with Crippen LogP contribution in [0.1, 0.15) is 5.56 Å². The predicted molar refractivity (Wildman–Crippen MR) is 67.5 cm³/mol. The Kier molecular flexibility index (Phi) is 4.31. The Hall–Kier alpha value is -1.35. The van der Waals surface area contributed by atoms with Crippen LogP contribution in [-0.4, -0.2) is 31.0 Å². The lowest BCUT2D eigenvalue weighted by Crippen LogP contribution is -2.02. The van der Waals surface area contributed by atoms with Gasteiger partial charge in [0.2, 0.25) is 0 Å². The van der Waals surface area contributed by atoms with E-state index in [1.807, 2.05) is 55.5 Å². The van der Waals surface area contributed by atoms with Crippen molar-refractivity contribution in [2.45, 2.75) is 0 Å². The molecule has 1 aromatic rings. The lowest BCUT2D eigenvalue weighted by molar-refractivity contribution is 0.415. The van der Waals surface area contributed by atoms with E-state index in [0.717, 1.165) is 16.2 Å². The van der Waals surface area contributed by atoms with Crippen LogP contribution in [0, 0.1) is 0 Å². The highest BCUT2D eigenvalue weighted by Gasteiger charge is 1.97. The highest BCUT2D eigenvalue weighted by Crippen LogP contribution is 2.12. The molecule has 0 aliphatic rings. The molecule has 0 spiro atoms. The van der Waals surface area contributed by atoms with Crippen LogP contribution in [0.2, 0.25) is 0 Å². The highest BCUT2D eigenvalue weighted by atomic mass is 32.1. The standard InChI is InChI=1S/C12H15NOS/c1-13(2)9-8-12(15)10-4-6-11(14-3)7-5-10/h4-9H,1-3H3/b9-8+. The zero-order valence-electron chi connectivity index (χ0n) is 9.23. The minimum Gasteiger partial charge on any atom is -0.497 e. The molecule has 0 aliphatic carbocycles. The van der Waals surface area contributed by atoms with Crippen molar-refractivity contribution >= 4 is 17.1 Å². The van der Waals surface area contributed by atoms with Crippen molar-refractivity contribution in [3.05, 3.63) is 42.1 Å². The van der Waals surface area contributed by atoms with E-state index in [0.29, 0.717) is 0 Å². The second-order valence-corrected chi connectivity index (χ2v) is 3.81. The maximum Gasteiger partial charge on any atom is 0.118 e. The van der Waals surface area contributed by atoms with Gasteiger partial charge < -0.3 is 9.64 Å². The summed E-state index contributed by atoms with van der Waals surface area (Å²) < 4.78 is 5.08. The third kappa shape index (κ3) is 3.72. The fraction of sp³-hybridized carbons (Fsp3) is 0.250. The van der Waals surface area contributed by atoms with Crippen molar-refractivity contribution in [3.63, 3.8) is 0 Å². The van der Waals surface area contributed by atoms with Gasteiger partial charge in [-0.05, 0) is 42.1 Å². The van der Waals surface area contributed by atoms with Crippen molar-refractivity contribution in [2.24, 2.45) is 0 Å². The first kappa shape index (κ1) is 11.7. The first-order valence-electron chi connectivity index (χ1n) is 4.66. The van der Waals surface area contributed by atoms with E-state index in [1.165, 1.54) is 0 Å². The van der Waals surface area contributed by atoms with Crippen LogP contribution in [0.5, 0.6) is 5.75 Å². The molecule has 80 valence electrons. The van der Waals surface area contributed by atoms with Gasteiger partial charge in [0.05, 0.1) is 7.11 Å². The highest BCUT2D eigenvalue weighted by molar-refractivity contribution is 7.81. The van der Waals surface area contributed by atoms with Crippen molar-refractivity contribution in [1.29, 1.82) is 0 Å². The average Bonchev–Trinajstić information content (AvgIpc) is 2.26. The summed E-state index contributed by atoms with van der Waals surface area (Å²) >= 11 is 5.26. The fourth-order valence-corrected chi connectivity index (χ4v) is 1.27. The van der Waals surface area contributed by atoms with Crippen molar-refractivity contribution in [1.82, 2.24) is 4.90 Å². The number of thiocarbonyl (C=S) groups is 1. The van der Waals surface area contributed by atoms with Gasteiger partial charge in [-0.3, -0.25) is 0 Å². The van der Waals surface area contributed by atoms with Crippen molar-refractivity contribution in [2.75, 3.05) is 21.2 Å². The molecule has 0 saturated heterocycles. The third-order valence-electron chi connectivity index (χ3n) is 1.90. The van der Waals surface area contributed by atoms with E-state index in [2.05, 4.69) is 0 Å². The molecule has 3 heteroatoms. The topological polar surface area (TPSA) is 12.5 Å². The molecule has 0 amide bonds. The molecule has 0 fully saturated rings. The molecule has 0 saturated carbocycles. The Morgan fingerprint density at radius 1 is 1.27 bits per heavy atom. The van der Waals surface area contributed by atoms with Gasteiger partial charge in [-0.15, -0.1) is 0 Å². The molecule has 0 unspecified atom stereocenters. The lowest BCUT2D eigenvalue weighted by atomic mass is 10.1. The summed E-state index contributed by atoms with van der Waals surface area (Å²) in [5, 5.41) is 0. The molecule has 2 nitrogen and oxygen atoms in total. The van der Waals surface area contributed by atoms with E-state index in [1.54, 1.807) is 7.11 Å². The van der Waals surface area contributed by atoms with E-state index in [4.69, 9.17) is 17.0 Å². The summed E-state index contributed by atoms with van der Waals surface area (Å²) in [6, 6.07) is 7.73. The maximum atomic E-state index is 5.26. The SMILES string of the molecule is COc1ccc(C(=S)/C=C/N(C)C)cc1. The van der Waals surface area contributed by atoms with E-state index >= 15 is 0 Å². The molecule has 1 rings (SSSR count). The van der Waals surface area contributed by atoms with Crippen molar-refractivity contribution in [3.8, 4) is 5.75 Å². The van der Waals surface area contributed by atoms with Gasteiger partial charge in [0, 0.05) is 19.0 Å². The normalized spacial score (nSPS) is 10.3. The number of hydrogen-bond donors (Lipinski definition) is 0. The summed E-state index contributed by atoms with van der Waals surface area (Å²) in [6.07, 6.45) is 3.85. The third-order valence-corrected chi connectivity index (χ3v) is 2.27. The molecule has 0 radical (unpaired) electrons. The first-order chi connectivity index (χ1) is 7.13. The van der Waals surface area contributed by atoms with Crippen LogP contribution in [-0.2, 0) is 0 Å². The van der Waals surface area contributed by atoms with Gasteiger partial charge in [0.15, 0.2) is 0 Å². The molecular weight excluding hydrogens is 206 g/mol. The fourth-order valence-electron chi connectivity index (χ4n) is 1.07. The average molecular weight is 221 g/mol. The Labute approximate surface area is 96.2 Å². The minimum absolute atomic E-state index is 0.825. The Bertz CT molecular complexity index is 354. The summed E-state index contributed by atoms with van der Waals surface area (Å²) in [7, 11) is 5.58. The number of benzene rings is 1. The quantitative estimate of drug-likeness (QED) is 0.440. The first-order valence-corrected chi connectivity index (χ1v) is 5.07. The number of rotatable bonds is 4. The summed E-state index contributed by atoms with van der Waals surface area (Å²) in [4.78, 5) is 2.78. The van der Waals surface area contributed by atoms with Crippen LogP contribution in [0.3, 0.4) is 0 Å². The molecule has 0 bridgehead atoms. The van der Waals surface area contributed by atoms with Gasteiger partial charge in [-0.25, -0.2) is 0 Å². The smallest absolute Gasteiger partial charge is 0.118 e. The van der Waals surface area contributed by atoms with Crippen LogP contribution >= 0.6 is 12.2 Å². The second-order valence-electron chi connectivity index (χ2n) is 3.37. The largest absolute Gasteiger partial charge is 0.497 e. The van der Waals surface area contributed by atoms with Crippen LogP contribution in [0.15, 0.2) is 36.5 Å². The van der Waals surface area contributed by atoms with Gasteiger partial charge >= 0.3 is 0 Å². The minimum atomic E-state index is 0.825. The van der Waals surface area contributed by atoms with Crippen LogP contribution in [0.4, 0.5) is 0 Å². The number of methoxy groups -OCH3 is 1. The number of ether oxygens (including phenoxy) is 1. The Morgan fingerprint density at radius 3 is 2.33 bits per heavy atom. The van der Waals surface area contributed by atoms with Crippen LogP contribution in [0.25, 0.3) is 0 Å². The Morgan fingerprint density at radius 2 is 1.87 bits per heavy atom. The zero-order valence-corrected chi connectivity index (χ0v) is 10.0. The number of hydrogen-bond acceptors (Lipinski definition) is 3. The van der Waals surface area contributed by atoms with Gasteiger partial charge in [-0.2, -0.15) is 0 Å². The lowest BCUT2D eigenvalue weighted by Gasteiger charge is -2.05. The maximum absolute atomic E-state index is 5.26. The van der Waals surface area contributed by atoms with E-state index in [9.17, 15) is 0 Å². The van der Waals surface area contributed by atoms with E-state index in [-0.39, 0.29) is 0 Å². The number of allylic oxidation sites excluding steroid dienone is 1. The van der Waals surface area contributed by atoms with Gasteiger partial charge in [0.25, 0.3) is 0 Å². The van der Waals surface area contributed by atoms with Gasteiger partial charge in [0.1, 0.15) is 5.75 Å². The summed E-state index contributed by atoms with van der Waals surface area (Å²) in [5.41, 5.74) is 1.03. The Balaban J connectivity index is 2.74. The predicted octanol–water partition coefficient (Wildman–Crippen LogP) is 2.49. The molecule has 15 heavy (non-hydrogen) atoms. The molecular formula is C12H15NOS. The molecule has 0 atom stereocenters. The molecule has 0 aliphatic heterocycles. The van der Waals surface area contributed by atoms with E-state index < -0.39 is 0 Å². The molecule has 1 aromatic carbocycles. The second kappa shape index (κ2) is 5.51. The summed E-state index contributed by atoms with van der Waals surface area (Å²) in [6.45, 7) is 0. The molecule has 0 aromatic heterocycles. The monoisotopic (exact) mass is 221 g/mol. The number of nitrogens with zero attached hydrogens (tertiary/aromatic N) is 1. The summed E-state index contributed by atoms with van der Waals surface area (Å²) in [5.74, 6) is 0.845. The van der Waals surface area contributed by atoms with Crippen LogP contribution < -0.4 is 4.74 Å². The van der Waals surface area contributed by atoms with Gasteiger partial charge in [-0.1, -0.05) is 12.2 Å². The molecule has 0 heterocycles. The molecule has 0 N–H and O–H groups in total. The zero-order chi connectivity index (χ0) is 11.3. The van der Waals surface area contributed by atoms with Crippen molar-refractivity contribution < 1.29 is 4.74 Å².